The number of carbonyl (C=O) groups is 4. The molecule has 0 aromatic rings. The van der Waals surface area contributed by atoms with Crippen molar-refractivity contribution in [1.82, 2.24) is 4.90 Å². The number of amides is 1. The van der Waals surface area contributed by atoms with Gasteiger partial charge in [0.05, 0.1) is 30.9 Å². The molecule has 1 amide bonds. The van der Waals surface area contributed by atoms with Crippen molar-refractivity contribution in [3.63, 3.8) is 0 Å². The van der Waals surface area contributed by atoms with Crippen LogP contribution in [0.3, 0.4) is 0 Å². The van der Waals surface area contributed by atoms with Crippen molar-refractivity contribution in [2.45, 2.75) is 85.8 Å². The Bertz CT molecular complexity index is 805. The molecule has 0 unspecified atom stereocenters. The number of Topliss-reactive ketones (excluding diaryl/α,β-unsaturated/α-hetero) is 1. The summed E-state index contributed by atoms with van der Waals surface area (Å²) in [6, 6.07) is -0.608. The van der Waals surface area contributed by atoms with E-state index in [1.54, 1.807) is 31.7 Å². The molecule has 33 heavy (non-hydrogen) atoms. The minimum absolute atomic E-state index is 0.0315. The lowest BCUT2D eigenvalue weighted by molar-refractivity contribution is -0.161. The highest BCUT2D eigenvalue weighted by atomic mass is 16.6. The van der Waals surface area contributed by atoms with Gasteiger partial charge in [0.2, 0.25) is 5.91 Å². The number of likely N-dealkylation sites (tertiary alicyclic amines) is 1. The Balaban J connectivity index is 2.23. The molecule has 1 aliphatic carbocycles. The standard InChI is InChI=1S/C26H41NO6/c1-10-17-13-26(17,23(31)32-9)14-20(28)19-11-16(2)15-27(19)22(30)18(24(3,4)5)12-21(29)33-25(6,7)8/h10,16-19H,1,11-15H2,2-9H3/t16-,17+,18+,19-,26+/m0/s1. The first-order valence-corrected chi connectivity index (χ1v) is 11.8. The summed E-state index contributed by atoms with van der Waals surface area (Å²) in [6.07, 6.45) is 2.76. The fourth-order valence-corrected chi connectivity index (χ4v) is 4.89. The number of hydrogen-bond acceptors (Lipinski definition) is 6. The van der Waals surface area contributed by atoms with E-state index in [2.05, 4.69) is 6.58 Å². The quantitative estimate of drug-likeness (QED) is 0.400. The number of ether oxygens (including phenoxy) is 2. The van der Waals surface area contributed by atoms with Crippen molar-refractivity contribution in [3.8, 4) is 0 Å². The van der Waals surface area contributed by atoms with Gasteiger partial charge >= 0.3 is 11.9 Å². The Morgan fingerprint density at radius 1 is 1.15 bits per heavy atom. The number of ketones is 1. The minimum atomic E-state index is -0.867. The Kier molecular flexibility index (Phi) is 7.87. The zero-order valence-electron chi connectivity index (χ0n) is 21.5. The van der Waals surface area contributed by atoms with E-state index in [4.69, 9.17) is 9.47 Å². The maximum absolute atomic E-state index is 13.7. The van der Waals surface area contributed by atoms with Gasteiger partial charge in [-0.2, -0.15) is 0 Å². The summed E-state index contributed by atoms with van der Waals surface area (Å²) < 4.78 is 10.4. The van der Waals surface area contributed by atoms with Crippen molar-refractivity contribution >= 4 is 23.6 Å². The highest BCUT2D eigenvalue weighted by Gasteiger charge is 2.61. The number of methoxy groups -OCH3 is 1. The third kappa shape index (κ3) is 6.24. The fraction of sp³-hybridized carbons (Fsp3) is 0.769. The van der Waals surface area contributed by atoms with Crippen LogP contribution in [0.4, 0.5) is 0 Å². The van der Waals surface area contributed by atoms with Gasteiger partial charge < -0.3 is 14.4 Å². The van der Waals surface area contributed by atoms with Gasteiger partial charge in [0.15, 0.2) is 5.78 Å². The molecule has 5 atom stereocenters. The van der Waals surface area contributed by atoms with Crippen molar-refractivity contribution in [2.24, 2.45) is 28.6 Å². The van der Waals surface area contributed by atoms with Crippen LogP contribution in [0, 0.1) is 28.6 Å². The maximum atomic E-state index is 13.7. The van der Waals surface area contributed by atoms with Gasteiger partial charge in [0.1, 0.15) is 5.60 Å². The van der Waals surface area contributed by atoms with Crippen LogP contribution >= 0.6 is 0 Å². The van der Waals surface area contributed by atoms with Gasteiger partial charge in [0, 0.05) is 13.0 Å². The molecule has 0 bridgehead atoms. The fourth-order valence-electron chi connectivity index (χ4n) is 4.89. The van der Waals surface area contributed by atoms with Crippen molar-refractivity contribution in [3.05, 3.63) is 12.7 Å². The van der Waals surface area contributed by atoms with Gasteiger partial charge in [0.25, 0.3) is 0 Å². The average molecular weight is 464 g/mol. The van der Waals surface area contributed by atoms with E-state index in [0.717, 1.165) is 0 Å². The first-order valence-electron chi connectivity index (χ1n) is 11.8. The lowest BCUT2D eigenvalue weighted by atomic mass is 9.77. The molecular formula is C26H41NO6. The molecule has 0 aromatic carbocycles. The molecule has 1 saturated heterocycles. The van der Waals surface area contributed by atoms with Gasteiger partial charge in [-0.1, -0.05) is 33.8 Å². The van der Waals surface area contributed by atoms with Gasteiger partial charge in [-0.3, -0.25) is 19.2 Å². The SMILES string of the molecule is C=C[C@@H]1C[C@]1(CC(=O)[C@@H]1C[C@H](C)CN1C(=O)[C@@H](CC(=O)OC(C)(C)C)C(C)(C)C)C(=O)OC. The predicted molar refractivity (Wildman–Crippen MR) is 125 cm³/mol. The zero-order chi connectivity index (χ0) is 25.4. The Labute approximate surface area is 198 Å². The Hall–Kier alpha value is -2.18. The summed E-state index contributed by atoms with van der Waals surface area (Å²) in [6.45, 7) is 17.4. The van der Waals surface area contributed by atoms with Crippen LogP contribution in [0.5, 0.6) is 0 Å². The summed E-state index contributed by atoms with van der Waals surface area (Å²) >= 11 is 0. The van der Waals surface area contributed by atoms with Gasteiger partial charge in [-0.05, 0) is 50.9 Å². The molecule has 1 heterocycles. The molecule has 0 spiro atoms. The van der Waals surface area contributed by atoms with E-state index < -0.39 is 40.3 Å². The number of rotatable bonds is 8. The third-order valence-corrected chi connectivity index (χ3v) is 6.80. The molecule has 2 aliphatic rings. The van der Waals surface area contributed by atoms with Crippen LogP contribution in [0.2, 0.25) is 0 Å². The van der Waals surface area contributed by atoms with Crippen LogP contribution in [0.25, 0.3) is 0 Å². The summed E-state index contributed by atoms with van der Waals surface area (Å²) in [5, 5.41) is 0. The minimum Gasteiger partial charge on any atom is -0.469 e. The van der Waals surface area contributed by atoms with Crippen LogP contribution in [-0.4, -0.2) is 53.8 Å². The lowest BCUT2D eigenvalue weighted by Crippen LogP contribution is -2.48. The molecule has 0 aromatic heterocycles. The second kappa shape index (κ2) is 9.59. The molecule has 1 saturated carbocycles. The van der Waals surface area contributed by atoms with E-state index in [1.165, 1.54) is 7.11 Å². The van der Waals surface area contributed by atoms with Crippen LogP contribution < -0.4 is 0 Å². The number of esters is 2. The largest absolute Gasteiger partial charge is 0.469 e. The predicted octanol–water partition coefficient (Wildman–Crippen LogP) is 3.94. The molecular weight excluding hydrogens is 422 g/mol. The van der Waals surface area contributed by atoms with Crippen molar-refractivity contribution < 1.29 is 28.7 Å². The number of allylic oxidation sites excluding steroid dienone is 1. The monoisotopic (exact) mass is 463 g/mol. The molecule has 186 valence electrons. The van der Waals surface area contributed by atoms with Crippen molar-refractivity contribution in [1.29, 1.82) is 0 Å². The van der Waals surface area contributed by atoms with E-state index in [1.807, 2.05) is 27.7 Å². The van der Waals surface area contributed by atoms with Gasteiger partial charge in [-0.15, -0.1) is 6.58 Å². The number of hydrogen-bond donors (Lipinski definition) is 0. The molecule has 2 fully saturated rings. The smallest absolute Gasteiger partial charge is 0.312 e. The second-order valence-corrected chi connectivity index (χ2v) is 11.9. The Morgan fingerprint density at radius 2 is 1.76 bits per heavy atom. The highest BCUT2D eigenvalue weighted by molar-refractivity contribution is 5.95. The van der Waals surface area contributed by atoms with E-state index >= 15 is 0 Å². The lowest BCUT2D eigenvalue weighted by Gasteiger charge is -2.35. The summed E-state index contributed by atoms with van der Waals surface area (Å²) in [5.41, 5.74) is -2.00. The zero-order valence-corrected chi connectivity index (χ0v) is 21.5. The number of carbonyl (C=O) groups excluding carboxylic acids is 4. The normalized spacial score (nSPS) is 28.1. The summed E-state index contributed by atoms with van der Waals surface area (Å²) in [5.74, 6) is -1.74. The van der Waals surface area contributed by atoms with Gasteiger partial charge in [-0.25, -0.2) is 0 Å². The molecule has 2 rings (SSSR count). The first-order chi connectivity index (χ1) is 15.1. The van der Waals surface area contributed by atoms with Crippen LogP contribution in [0.1, 0.15) is 74.1 Å². The first kappa shape index (κ1) is 27.1. The average Bonchev–Trinajstić information content (AvgIpc) is 3.25. The highest BCUT2D eigenvalue weighted by Crippen LogP contribution is 2.57. The molecule has 7 nitrogen and oxygen atoms in total. The molecule has 7 heteroatoms. The van der Waals surface area contributed by atoms with Crippen LogP contribution in [0.15, 0.2) is 12.7 Å². The molecule has 1 aliphatic heterocycles. The van der Waals surface area contributed by atoms with E-state index in [-0.39, 0.29) is 36.4 Å². The summed E-state index contributed by atoms with van der Waals surface area (Å²) in [7, 11) is 1.32. The van der Waals surface area contributed by atoms with E-state index in [0.29, 0.717) is 19.4 Å². The topological polar surface area (TPSA) is 90.0 Å². The third-order valence-electron chi connectivity index (χ3n) is 6.80. The number of nitrogens with zero attached hydrogens (tertiary/aromatic N) is 1. The maximum Gasteiger partial charge on any atom is 0.312 e. The Morgan fingerprint density at radius 3 is 2.21 bits per heavy atom. The molecule has 0 radical (unpaired) electrons. The van der Waals surface area contributed by atoms with Crippen molar-refractivity contribution in [2.75, 3.05) is 13.7 Å². The second-order valence-electron chi connectivity index (χ2n) is 11.9. The molecule has 0 N–H and O–H groups in total. The van der Waals surface area contributed by atoms with Crippen LogP contribution in [-0.2, 0) is 28.7 Å². The van der Waals surface area contributed by atoms with E-state index in [9.17, 15) is 19.2 Å². The summed E-state index contributed by atoms with van der Waals surface area (Å²) in [4.78, 5) is 53.7.